The van der Waals surface area contributed by atoms with E-state index in [4.69, 9.17) is 0 Å². The molecule has 1 aromatic carbocycles. The summed E-state index contributed by atoms with van der Waals surface area (Å²) >= 11 is 0. The molecule has 1 saturated heterocycles. The Morgan fingerprint density at radius 3 is 2.65 bits per heavy atom. The van der Waals surface area contributed by atoms with Gasteiger partial charge in [-0.1, -0.05) is 38.1 Å². The van der Waals surface area contributed by atoms with Crippen LogP contribution >= 0.6 is 0 Å². The fraction of sp³-hybridized carbons (Fsp3) is 0.556. The van der Waals surface area contributed by atoms with E-state index >= 15 is 4.39 Å². The second-order valence-electron chi connectivity index (χ2n) is 6.65. The van der Waals surface area contributed by atoms with E-state index in [2.05, 4.69) is 5.32 Å². The van der Waals surface area contributed by atoms with Crippen molar-refractivity contribution in [1.29, 1.82) is 0 Å². The normalized spacial score (nSPS) is 20.4. The van der Waals surface area contributed by atoms with Gasteiger partial charge in [0.1, 0.15) is 5.78 Å². The average Bonchev–Trinajstić information content (AvgIpc) is 3.01. The van der Waals surface area contributed by atoms with E-state index in [1.54, 1.807) is 18.2 Å². The number of carboxylic acid groups (broad SMARTS) is 1. The lowest BCUT2D eigenvalue weighted by Crippen LogP contribution is -2.44. The molecule has 0 aliphatic carbocycles. The molecule has 1 aliphatic heterocycles. The number of carbonyl (C=O) groups is 2. The summed E-state index contributed by atoms with van der Waals surface area (Å²) in [7, 11) is 0. The molecular weight excluding hydrogens is 297 g/mol. The highest BCUT2D eigenvalue weighted by Crippen LogP contribution is 2.32. The number of carboxylic acids is 1. The number of hydrogen-bond acceptors (Lipinski definition) is 3. The lowest BCUT2D eigenvalue weighted by Gasteiger charge is -2.26. The van der Waals surface area contributed by atoms with Gasteiger partial charge in [0.2, 0.25) is 5.67 Å². The van der Waals surface area contributed by atoms with Crippen molar-refractivity contribution in [3.8, 4) is 0 Å². The molecule has 23 heavy (non-hydrogen) atoms. The zero-order valence-electron chi connectivity index (χ0n) is 13.6. The van der Waals surface area contributed by atoms with Crippen LogP contribution < -0.4 is 5.32 Å². The summed E-state index contributed by atoms with van der Waals surface area (Å²) in [5.74, 6) is -1.87. The van der Waals surface area contributed by atoms with Crippen LogP contribution in [-0.2, 0) is 22.4 Å². The van der Waals surface area contributed by atoms with E-state index in [1.807, 2.05) is 19.9 Å². The topological polar surface area (TPSA) is 66.4 Å². The molecule has 1 unspecified atom stereocenters. The minimum atomic E-state index is -2.27. The number of benzene rings is 1. The van der Waals surface area contributed by atoms with Crippen molar-refractivity contribution >= 4 is 11.8 Å². The van der Waals surface area contributed by atoms with Crippen LogP contribution in [0.25, 0.3) is 0 Å². The molecule has 2 N–H and O–H groups in total. The zero-order valence-corrected chi connectivity index (χ0v) is 13.6. The van der Waals surface area contributed by atoms with Crippen molar-refractivity contribution in [3.05, 3.63) is 35.4 Å². The number of rotatable bonds is 7. The van der Waals surface area contributed by atoms with Crippen molar-refractivity contribution in [1.82, 2.24) is 5.32 Å². The summed E-state index contributed by atoms with van der Waals surface area (Å²) in [5.41, 5.74) is -0.848. The van der Waals surface area contributed by atoms with Gasteiger partial charge in [0, 0.05) is 31.2 Å². The molecule has 2 rings (SSSR count). The second kappa shape index (κ2) is 7.21. The highest BCUT2D eigenvalue weighted by atomic mass is 19.1. The predicted octanol–water partition coefficient (Wildman–Crippen LogP) is 2.40. The Morgan fingerprint density at radius 1 is 1.39 bits per heavy atom. The van der Waals surface area contributed by atoms with Crippen LogP contribution in [0.1, 0.15) is 31.4 Å². The second-order valence-corrected chi connectivity index (χ2v) is 6.65. The van der Waals surface area contributed by atoms with Gasteiger partial charge in [-0.15, -0.1) is 0 Å². The van der Waals surface area contributed by atoms with Crippen molar-refractivity contribution in [2.24, 2.45) is 11.8 Å². The van der Waals surface area contributed by atoms with Gasteiger partial charge in [-0.05, 0) is 24.1 Å². The number of ketones is 1. The first-order valence-electron chi connectivity index (χ1n) is 8.06. The van der Waals surface area contributed by atoms with E-state index < -0.39 is 17.6 Å². The zero-order chi connectivity index (χ0) is 17.0. The largest absolute Gasteiger partial charge is 0.479 e. The molecule has 1 aliphatic rings. The minimum absolute atomic E-state index is 0.0532. The van der Waals surface area contributed by atoms with E-state index in [-0.39, 0.29) is 18.1 Å². The Morgan fingerprint density at radius 2 is 2.09 bits per heavy atom. The summed E-state index contributed by atoms with van der Waals surface area (Å²) in [5, 5.41) is 12.4. The summed E-state index contributed by atoms with van der Waals surface area (Å²) in [4.78, 5) is 23.4. The van der Waals surface area contributed by atoms with Gasteiger partial charge in [0.15, 0.2) is 0 Å². The predicted molar refractivity (Wildman–Crippen MR) is 86.1 cm³/mol. The van der Waals surface area contributed by atoms with Crippen LogP contribution in [0.3, 0.4) is 0 Å². The maximum atomic E-state index is 15.1. The molecular formula is C18H24FNO3. The van der Waals surface area contributed by atoms with Gasteiger partial charge in [0.05, 0.1) is 0 Å². The number of Topliss-reactive ketones (excluding diaryl/α,β-unsaturated/α-hetero) is 1. The molecule has 4 nitrogen and oxygen atoms in total. The maximum Gasteiger partial charge on any atom is 0.342 e. The van der Waals surface area contributed by atoms with Crippen molar-refractivity contribution in [2.45, 2.75) is 38.8 Å². The van der Waals surface area contributed by atoms with Crippen LogP contribution in [0, 0.1) is 11.8 Å². The molecule has 5 heteroatoms. The fourth-order valence-corrected chi connectivity index (χ4v) is 2.99. The molecule has 0 saturated carbocycles. The highest BCUT2D eigenvalue weighted by Gasteiger charge is 2.47. The number of aliphatic carboxylic acids is 1. The maximum absolute atomic E-state index is 15.1. The van der Waals surface area contributed by atoms with Crippen LogP contribution in [0.4, 0.5) is 4.39 Å². The lowest BCUT2D eigenvalue weighted by molar-refractivity contribution is -0.154. The highest BCUT2D eigenvalue weighted by molar-refractivity contribution is 5.82. The first-order valence-corrected chi connectivity index (χ1v) is 8.06. The number of nitrogens with one attached hydrogen (secondary N) is 1. The molecule has 0 aromatic heterocycles. The lowest BCUT2D eigenvalue weighted by atomic mass is 9.82. The Bertz CT molecular complexity index is 581. The van der Waals surface area contributed by atoms with Gasteiger partial charge in [0.25, 0.3) is 0 Å². The molecule has 126 valence electrons. The number of carbonyl (C=O) groups excluding carboxylic acids is 1. The molecule has 0 bridgehead atoms. The quantitative estimate of drug-likeness (QED) is 0.809. The van der Waals surface area contributed by atoms with Crippen LogP contribution in [0.2, 0.25) is 0 Å². The first kappa shape index (κ1) is 17.6. The van der Waals surface area contributed by atoms with Crippen molar-refractivity contribution < 1.29 is 19.1 Å². The molecule has 1 aromatic rings. The van der Waals surface area contributed by atoms with Gasteiger partial charge in [-0.3, -0.25) is 4.79 Å². The van der Waals surface area contributed by atoms with Crippen LogP contribution in [-0.4, -0.2) is 35.6 Å². The molecule has 0 spiro atoms. The molecule has 0 amide bonds. The summed E-state index contributed by atoms with van der Waals surface area (Å²) < 4.78 is 15.1. The summed E-state index contributed by atoms with van der Waals surface area (Å²) in [6.45, 7) is 4.72. The standard InChI is InChI=1S/C18H24FNO3/c1-12(2)16(21)9-13-4-3-5-14(8-13)10-18(19,17(22)23)15-6-7-20-11-15/h3-5,8,12,15,20H,6-7,9-11H2,1-2H3,(H,22,23)/t15-,18?/m1/s1. The van der Waals surface area contributed by atoms with Gasteiger partial charge < -0.3 is 10.4 Å². The Labute approximate surface area is 136 Å². The third kappa shape index (κ3) is 4.16. The van der Waals surface area contributed by atoms with E-state index in [0.717, 1.165) is 5.56 Å². The minimum Gasteiger partial charge on any atom is -0.479 e. The van der Waals surface area contributed by atoms with Gasteiger partial charge in [-0.2, -0.15) is 0 Å². The number of halogens is 1. The molecule has 1 fully saturated rings. The van der Waals surface area contributed by atoms with Gasteiger partial charge in [-0.25, -0.2) is 9.18 Å². The molecule has 2 atom stereocenters. The first-order chi connectivity index (χ1) is 10.8. The van der Waals surface area contributed by atoms with Crippen molar-refractivity contribution in [2.75, 3.05) is 13.1 Å². The summed E-state index contributed by atoms with van der Waals surface area (Å²) in [6, 6.07) is 7.05. The average molecular weight is 321 g/mol. The Balaban J connectivity index is 2.17. The van der Waals surface area contributed by atoms with Gasteiger partial charge >= 0.3 is 5.97 Å². The van der Waals surface area contributed by atoms with Crippen LogP contribution in [0.15, 0.2) is 24.3 Å². The SMILES string of the molecule is CC(C)C(=O)Cc1cccc(CC(F)(C(=O)O)[C@@H]2CCNC2)c1. The smallest absolute Gasteiger partial charge is 0.342 e. The van der Waals surface area contributed by atoms with Crippen molar-refractivity contribution in [3.63, 3.8) is 0 Å². The third-order valence-corrected chi connectivity index (χ3v) is 4.54. The van der Waals surface area contributed by atoms with E-state index in [1.165, 1.54) is 0 Å². The molecule has 1 heterocycles. The number of hydrogen-bond donors (Lipinski definition) is 2. The number of alkyl halides is 1. The Kier molecular flexibility index (Phi) is 5.52. The summed E-state index contributed by atoms with van der Waals surface area (Å²) in [6.07, 6.45) is 0.648. The van der Waals surface area contributed by atoms with E-state index in [0.29, 0.717) is 31.5 Å². The third-order valence-electron chi connectivity index (χ3n) is 4.54. The Hall–Kier alpha value is -1.75. The van der Waals surface area contributed by atoms with Crippen LogP contribution in [0.5, 0.6) is 0 Å². The fourth-order valence-electron chi connectivity index (χ4n) is 2.99. The monoisotopic (exact) mass is 321 g/mol. The van der Waals surface area contributed by atoms with E-state index in [9.17, 15) is 14.7 Å². The molecule has 0 radical (unpaired) electrons.